The van der Waals surface area contributed by atoms with E-state index in [2.05, 4.69) is 5.32 Å². The second-order valence-corrected chi connectivity index (χ2v) is 8.19. The molecular formula is C25H31N3O5. The molecule has 1 aliphatic rings. The maximum Gasteiger partial charge on any atom is 0.259 e. The summed E-state index contributed by atoms with van der Waals surface area (Å²) < 4.78 is 10.9. The molecule has 176 valence electrons. The SMILES string of the molecule is CCC(NC(=O)C1CC(=O)N(c2ccc(OC)cc2)C1)c1ccccc1OCC(=O)N(C)C. The van der Waals surface area contributed by atoms with Crippen LogP contribution in [0.2, 0.25) is 0 Å². The molecule has 1 heterocycles. The second-order valence-electron chi connectivity index (χ2n) is 8.19. The number of amides is 3. The number of benzene rings is 2. The zero-order valence-corrected chi connectivity index (χ0v) is 19.5. The number of para-hydroxylation sites is 1. The topological polar surface area (TPSA) is 88.2 Å². The molecular weight excluding hydrogens is 422 g/mol. The molecule has 1 aliphatic heterocycles. The number of ether oxygens (including phenoxy) is 2. The van der Waals surface area contributed by atoms with Gasteiger partial charge >= 0.3 is 0 Å². The standard InChI is InChI=1S/C25H31N3O5/c1-5-21(20-8-6-7-9-22(20)33-16-24(30)27(2)3)26-25(31)17-14-23(29)28(15-17)18-10-12-19(32-4)13-11-18/h6-13,17,21H,5,14-16H2,1-4H3,(H,26,31). The smallest absolute Gasteiger partial charge is 0.259 e. The van der Waals surface area contributed by atoms with Crippen molar-refractivity contribution in [3.05, 3.63) is 54.1 Å². The number of anilines is 1. The van der Waals surface area contributed by atoms with Gasteiger partial charge in [-0.3, -0.25) is 14.4 Å². The minimum atomic E-state index is -0.447. The molecule has 1 saturated heterocycles. The molecule has 2 unspecified atom stereocenters. The molecule has 1 fully saturated rings. The van der Waals surface area contributed by atoms with Gasteiger partial charge in [-0.05, 0) is 36.8 Å². The van der Waals surface area contributed by atoms with Crippen LogP contribution in [0.3, 0.4) is 0 Å². The molecule has 2 atom stereocenters. The molecule has 0 spiro atoms. The number of likely N-dealkylation sites (N-methyl/N-ethyl adjacent to an activating group) is 1. The van der Waals surface area contributed by atoms with Crippen LogP contribution in [-0.2, 0) is 14.4 Å². The minimum absolute atomic E-state index is 0.0810. The second kappa shape index (κ2) is 10.8. The van der Waals surface area contributed by atoms with E-state index in [1.807, 2.05) is 37.3 Å². The molecule has 3 rings (SSSR count). The van der Waals surface area contributed by atoms with Gasteiger partial charge in [-0.1, -0.05) is 25.1 Å². The quantitative estimate of drug-likeness (QED) is 0.631. The molecule has 0 aromatic heterocycles. The molecule has 33 heavy (non-hydrogen) atoms. The number of nitrogens with zero attached hydrogens (tertiary/aromatic N) is 2. The Hall–Kier alpha value is -3.55. The van der Waals surface area contributed by atoms with Crippen molar-refractivity contribution in [1.82, 2.24) is 10.2 Å². The zero-order chi connectivity index (χ0) is 24.0. The number of nitrogens with one attached hydrogen (secondary N) is 1. The lowest BCUT2D eigenvalue weighted by Gasteiger charge is -2.23. The average Bonchev–Trinajstić information content (AvgIpc) is 3.22. The van der Waals surface area contributed by atoms with Gasteiger partial charge in [0.1, 0.15) is 11.5 Å². The molecule has 3 amide bonds. The van der Waals surface area contributed by atoms with Crippen LogP contribution in [0.1, 0.15) is 31.4 Å². The maximum atomic E-state index is 13.1. The lowest BCUT2D eigenvalue weighted by Crippen LogP contribution is -2.35. The number of rotatable bonds is 9. The van der Waals surface area contributed by atoms with E-state index in [1.54, 1.807) is 44.3 Å². The summed E-state index contributed by atoms with van der Waals surface area (Å²) in [7, 11) is 4.93. The summed E-state index contributed by atoms with van der Waals surface area (Å²) in [4.78, 5) is 40.7. The Balaban J connectivity index is 1.68. The lowest BCUT2D eigenvalue weighted by molar-refractivity contribution is -0.131. The van der Waals surface area contributed by atoms with E-state index in [9.17, 15) is 14.4 Å². The van der Waals surface area contributed by atoms with Crippen LogP contribution >= 0.6 is 0 Å². The van der Waals surface area contributed by atoms with Crippen molar-refractivity contribution in [1.29, 1.82) is 0 Å². The highest BCUT2D eigenvalue weighted by molar-refractivity contribution is 6.00. The van der Waals surface area contributed by atoms with E-state index < -0.39 is 5.92 Å². The van der Waals surface area contributed by atoms with Crippen molar-refractivity contribution in [3.63, 3.8) is 0 Å². The minimum Gasteiger partial charge on any atom is -0.497 e. The van der Waals surface area contributed by atoms with Gasteiger partial charge in [-0.15, -0.1) is 0 Å². The fraction of sp³-hybridized carbons (Fsp3) is 0.400. The van der Waals surface area contributed by atoms with Crippen LogP contribution in [0.4, 0.5) is 5.69 Å². The molecule has 0 bridgehead atoms. The lowest BCUT2D eigenvalue weighted by atomic mass is 10.0. The van der Waals surface area contributed by atoms with Crippen molar-refractivity contribution < 1.29 is 23.9 Å². The van der Waals surface area contributed by atoms with E-state index in [4.69, 9.17) is 9.47 Å². The summed E-state index contributed by atoms with van der Waals surface area (Å²) in [5, 5.41) is 3.07. The maximum absolute atomic E-state index is 13.1. The van der Waals surface area contributed by atoms with Gasteiger partial charge in [0.05, 0.1) is 19.1 Å². The number of carbonyl (C=O) groups excluding carboxylic acids is 3. The van der Waals surface area contributed by atoms with Crippen molar-refractivity contribution in [2.45, 2.75) is 25.8 Å². The van der Waals surface area contributed by atoms with Gasteiger partial charge in [-0.25, -0.2) is 0 Å². The van der Waals surface area contributed by atoms with E-state index in [0.717, 1.165) is 11.3 Å². The van der Waals surface area contributed by atoms with Crippen LogP contribution < -0.4 is 19.7 Å². The number of methoxy groups -OCH3 is 1. The first-order valence-electron chi connectivity index (χ1n) is 11.0. The molecule has 2 aromatic rings. The predicted octanol–water partition coefficient (Wildman–Crippen LogP) is 2.78. The summed E-state index contributed by atoms with van der Waals surface area (Å²) in [6, 6.07) is 14.3. The van der Waals surface area contributed by atoms with Gasteiger partial charge in [0.2, 0.25) is 11.8 Å². The summed E-state index contributed by atoms with van der Waals surface area (Å²) in [6.07, 6.45) is 0.792. The first-order valence-corrected chi connectivity index (χ1v) is 11.0. The molecule has 1 N–H and O–H groups in total. The highest BCUT2D eigenvalue weighted by Crippen LogP contribution is 2.30. The molecule has 2 aromatic carbocycles. The molecule has 0 saturated carbocycles. The van der Waals surface area contributed by atoms with Crippen molar-refractivity contribution in [2.24, 2.45) is 5.92 Å². The van der Waals surface area contributed by atoms with Crippen LogP contribution in [-0.4, -0.2) is 57.0 Å². The van der Waals surface area contributed by atoms with Crippen molar-refractivity contribution >= 4 is 23.4 Å². The van der Waals surface area contributed by atoms with Gasteiger partial charge in [0.15, 0.2) is 6.61 Å². The van der Waals surface area contributed by atoms with E-state index in [-0.39, 0.29) is 36.8 Å². The Kier molecular flexibility index (Phi) is 7.92. The first kappa shape index (κ1) is 24.1. The predicted molar refractivity (Wildman–Crippen MR) is 125 cm³/mol. The summed E-state index contributed by atoms with van der Waals surface area (Å²) in [5.74, 6) is 0.410. The number of carbonyl (C=O) groups is 3. The van der Waals surface area contributed by atoms with Crippen molar-refractivity contribution in [3.8, 4) is 11.5 Å². The monoisotopic (exact) mass is 453 g/mol. The van der Waals surface area contributed by atoms with E-state index >= 15 is 0 Å². The molecule has 0 radical (unpaired) electrons. The molecule has 0 aliphatic carbocycles. The summed E-state index contributed by atoms with van der Waals surface area (Å²) in [5.41, 5.74) is 1.55. The summed E-state index contributed by atoms with van der Waals surface area (Å²) >= 11 is 0. The highest BCUT2D eigenvalue weighted by atomic mass is 16.5. The van der Waals surface area contributed by atoms with Crippen LogP contribution in [0.15, 0.2) is 48.5 Å². The Bertz CT molecular complexity index is 990. The highest BCUT2D eigenvalue weighted by Gasteiger charge is 2.36. The Morgan fingerprint density at radius 1 is 1.15 bits per heavy atom. The van der Waals surface area contributed by atoms with E-state index in [1.165, 1.54) is 4.90 Å². The fourth-order valence-corrected chi connectivity index (χ4v) is 3.75. The van der Waals surface area contributed by atoms with E-state index in [0.29, 0.717) is 24.5 Å². The van der Waals surface area contributed by atoms with Crippen molar-refractivity contribution in [2.75, 3.05) is 39.3 Å². The van der Waals surface area contributed by atoms with Crippen LogP contribution in [0.5, 0.6) is 11.5 Å². The molecule has 8 heteroatoms. The zero-order valence-electron chi connectivity index (χ0n) is 19.5. The van der Waals surface area contributed by atoms with Gasteiger partial charge in [0, 0.05) is 38.3 Å². The third kappa shape index (κ3) is 5.83. The Labute approximate surface area is 194 Å². The van der Waals surface area contributed by atoms with Gasteiger partial charge in [0.25, 0.3) is 5.91 Å². The number of hydrogen-bond acceptors (Lipinski definition) is 5. The fourth-order valence-electron chi connectivity index (χ4n) is 3.75. The number of hydrogen-bond donors (Lipinski definition) is 1. The summed E-state index contributed by atoms with van der Waals surface area (Å²) in [6.45, 7) is 2.21. The van der Waals surface area contributed by atoms with Crippen LogP contribution in [0, 0.1) is 5.92 Å². The first-order chi connectivity index (χ1) is 15.8. The Morgan fingerprint density at radius 3 is 2.48 bits per heavy atom. The van der Waals surface area contributed by atoms with Crippen LogP contribution in [0.25, 0.3) is 0 Å². The molecule has 8 nitrogen and oxygen atoms in total. The largest absolute Gasteiger partial charge is 0.497 e. The normalized spacial score (nSPS) is 16.3. The third-order valence-corrected chi connectivity index (χ3v) is 5.75. The van der Waals surface area contributed by atoms with Gasteiger partial charge < -0.3 is 24.6 Å². The third-order valence-electron chi connectivity index (χ3n) is 5.75. The van der Waals surface area contributed by atoms with Gasteiger partial charge in [-0.2, -0.15) is 0 Å². The average molecular weight is 454 g/mol. The Morgan fingerprint density at radius 2 is 1.85 bits per heavy atom.